The Morgan fingerprint density at radius 1 is 0.968 bits per heavy atom. The number of amides is 1. The highest BCUT2D eigenvalue weighted by Gasteiger charge is 2.29. The molecule has 1 unspecified atom stereocenters. The van der Waals surface area contributed by atoms with Crippen molar-refractivity contribution in [1.29, 1.82) is 0 Å². The SMILES string of the molecule is Cc1ccc(S(=O)NC[C@H](C)NC(=O)OCC2c3ccccc3-c3ccccc32)cc1. The van der Waals surface area contributed by atoms with Crippen molar-refractivity contribution >= 4 is 17.1 Å². The van der Waals surface area contributed by atoms with Crippen LogP contribution in [0.4, 0.5) is 4.79 Å². The Balaban J connectivity index is 1.29. The van der Waals surface area contributed by atoms with Crippen LogP contribution in [0.15, 0.2) is 77.7 Å². The van der Waals surface area contributed by atoms with Gasteiger partial charge in [-0.1, -0.05) is 66.2 Å². The van der Waals surface area contributed by atoms with Gasteiger partial charge in [-0.25, -0.2) is 13.7 Å². The van der Waals surface area contributed by atoms with E-state index in [0.717, 1.165) is 5.56 Å². The third-order valence-corrected chi connectivity index (χ3v) is 6.59. The summed E-state index contributed by atoms with van der Waals surface area (Å²) < 4.78 is 20.8. The Bertz CT molecular complexity index is 1050. The van der Waals surface area contributed by atoms with Crippen LogP contribution in [-0.4, -0.2) is 29.5 Å². The second-order valence-electron chi connectivity index (χ2n) is 7.80. The van der Waals surface area contributed by atoms with Crippen LogP contribution in [0, 0.1) is 6.92 Å². The molecule has 2 N–H and O–H groups in total. The van der Waals surface area contributed by atoms with Gasteiger partial charge in [-0.2, -0.15) is 0 Å². The molecule has 0 bridgehead atoms. The number of ether oxygens (including phenoxy) is 1. The van der Waals surface area contributed by atoms with E-state index in [-0.39, 0.29) is 18.6 Å². The van der Waals surface area contributed by atoms with E-state index in [1.54, 1.807) is 0 Å². The van der Waals surface area contributed by atoms with E-state index >= 15 is 0 Å². The Labute approximate surface area is 185 Å². The maximum absolute atomic E-state index is 12.3. The molecule has 4 rings (SSSR count). The first-order valence-electron chi connectivity index (χ1n) is 10.4. The third-order valence-electron chi connectivity index (χ3n) is 5.46. The largest absolute Gasteiger partial charge is 0.449 e. The van der Waals surface area contributed by atoms with Crippen LogP contribution in [0.5, 0.6) is 0 Å². The van der Waals surface area contributed by atoms with Crippen LogP contribution in [-0.2, 0) is 15.7 Å². The van der Waals surface area contributed by atoms with Crippen molar-refractivity contribution in [1.82, 2.24) is 10.0 Å². The lowest BCUT2D eigenvalue weighted by Gasteiger charge is -2.17. The minimum atomic E-state index is -1.32. The van der Waals surface area contributed by atoms with E-state index in [1.807, 2.05) is 62.4 Å². The van der Waals surface area contributed by atoms with Crippen LogP contribution in [0.25, 0.3) is 11.1 Å². The predicted molar refractivity (Wildman–Crippen MR) is 123 cm³/mol. The Morgan fingerprint density at radius 2 is 1.55 bits per heavy atom. The number of benzene rings is 3. The molecule has 0 aliphatic heterocycles. The highest BCUT2D eigenvalue weighted by Crippen LogP contribution is 2.44. The second kappa shape index (κ2) is 9.45. The molecule has 1 amide bonds. The average molecular weight is 435 g/mol. The first-order chi connectivity index (χ1) is 15.0. The van der Waals surface area contributed by atoms with Gasteiger partial charge in [0, 0.05) is 18.5 Å². The lowest BCUT2D eigenvalue weighted by Crippen LogP contribution is -2.41. The fourth-order valence-corrected chi connectivity index (χ4v) is 4.79. The van der Waals surface area contributed by atoms with Crippen molar-refractivity contribution in [2.45, 2.75) is 30.7 Å². The normalized spacial score (nSPS) is 14.4. The molecule has 0 saturated heterocycles. The lowest BCUT2D eigenvalue weighted by atomic mass is 9.98. The van der Waals surface area contributed by atoms with Gasteiger partial charge in [0.15, 0.2) is 0 Å². The molecule has 5 nitrogen and oxygen atoms in total. The molecule has 31 heavy (non-hydrogen) atoms. The molecule has 160 valence electrons. The monoisotopic (exact) mass is 434 g/mol. The van der Waals surface area contributed by atoms with E-state index in [9.17, 15) is 9.00 Å². The van der Waals surface area contributed by atoms with Gasteiger partial charge in [0.25, 0.3) is 0 Å². The second-order valence-corrected chi connectivity index (χ2v) is 9.10. The molecule has 0 spiro atoms. The molecule has 0 radical (unpaired) electrons. The summed E-state index contributed by atoms with van der Waals surface area (Å²) in [5.74, 6) is 0.0284. The zero-order valence-electron chi connectivity index (χ0n) is 17.6. The molecule has 3 aromatic rings. The number of fused-ring (bicyclic) bond motifs is 3. The van der Waals surface area contributed by atoms with Crippen molar-refractivity contribution in [3.63, 3.8) is 0 Å². The van der Waals surface area contributed by atoms with Gasteiger partial charge < -0.3 is 10.1 Å². The quantitative estimate of drug-likeness (QED) is 0.574. The molecular weight excluding hydrogens is 408 g/mol. The van der Waals surface area contributed by atoms with Gasteiger partial charge in [0.1, 0.15) is 17.6 Å². The zero-order chi connectivity index (χ0) is 21.8. The highest BCUT2D eigenvalue weighted by atomic mass is 32.2. The molecule has 2 atom stereocenters. The Kier molecular flexibility index (Phi) is 6.49. The van der Waals surface area contributed by atoms with Gasteiger partial charge in [0.2, 0.25) is 0 Å². The predicted octanol–water partition coefficient (Wildman–Crippen LogP) is 4.53. The number of carbonyl (C=O) groups excluding carboxylic acids is 1. The summed E-state index contributed by atoms with van der Waals surface area (Å²) in [7, 11) is -1.32. The number of nitrogens with one attached hydrogen (secondary N) is 2. The minimum Gasteiger partial charge on any atom is -0.449 e. The zero-order valence-corrected chi connectivity index (χ0v) is 18.4. The van der Waals surface area contributed by atoms with E-state index < -0.39 is 17.1 Å². The third kappa shape index (κ3) is 4.86. The van der Waals surface area contributed by atoms with Crippen molar-refractivity contribution < 1.29 is 13.7 Å². The van der Waals surface area contributed by atoms with E-state index in [4.69, 9.17) is 4.74 Å². The van der Waals surface area contributed by atoms with Crippen LogP contribution in [0.1, 0.15) is 29.5 Å². The number of aryl methyl sites for hydroxylation is 1. The topological polar surface area (TPSA) is 67.4 Å². The van der Waals surface area contributed by atoms with Crippen molar-refractivity contribution in [2.75, 3.05) is 13.2 Å². The molecule has 6 heteroatoms. The standard InChI is InChI=1S/C25H26N2O3S/c1-17-11-13-19(14-12-17)31(29)26-15-18(2)27-25(28)30-16-24-22-9-5-3-7-20(22)21-8-4-6-10-23(21)24/h3-14,18,24,26H,15-16H2,1-2H3,(H,27,28)/t18-,31?/m0/s1. The number of rotatable bonds is 7. The van der Waals surface area contributed by atoms with E-state index in [1.165, 1.54) is 22.3 Å². The van der Waals surface area contributed by atoms with E-state index in [0.29, 0.717) is 11.4 Å². The average Bonchev–Trinajstić information content (AvgIpc) is 3.10. The maximum atomic E-state index is 12.3. The van der Waals surface area contributed by atoms with Gasteiger partial charge >= 0.3 is 6.09 Å². The van der Waals surface area contributed by atoms with E-state index in [2.05, 4.69) is 34.3 Å². The fraction of sp³-hybridized carbons (Fsp3) is 0.240. The molecular formula is C25H26N2O3S. The number of alkyl carbamates (subject to hydrolysis) is 1. The first kappa shape index (κ1) is 21.3. The summed E-state index contributed by atoms with van der Waals surface area (Å²) >= 11 is 0. The van der Waals surface area contributed by atoms with Crippen molar-refractivity contribution in [3.05, 3.63) is 89.5 Å². The van der Waals surface area contributed by atoms with Crippen LogP contribution in [0.3, 0.4) is 0 Å². The molecule has 0 aromatic heterocycles. The van der Waals surface area contributed by atoms with Crippen LogP contribution in [0.2, 0.25) is 0 Å². The summed E-state index contributed by atoms with van der Waals surface area (Å²) in [5.41, 5.74) is 5.87. The van der Waals surface area contributed by atoms with Crippen molar-refractivity contribution in [3.8, 4) is 11.1 Å². The summed E-state index contributed by atoms with van der Waals surface area (Å²) in [6.45, 7) is 4.47. The Hall–Kier alpha value is -2.96. The molecule has 0 fully saturated rings. The minimum absolute atomic E-state index is 0.0284. The maximum Gasteiger partial charge on any atom is 0.407 e. The lowest BCUT2D eigenvalue weighted by molar-refractivity contribution is 0.140. The van der Waals surface area contributed by atoms with Gasteiger partial charge in [-0.3, -0.25) is 0 Å². The number of hydrogen-bond donors (Lipinski definition) is 2. The smallest absolute Gasteiger partial charge is 0.407 e. The molecule has 3 aromatic carbocycles. The van der Waals surface area contributed by atoms with Gasteiger partial charge in [0.05, 0.1) is 4.90 Å². The summed E-state index contributed by atoms with van der Waals surface area (Å²) in [5, 5.41) is 2.81. The molecule has 1 aliphatic rings. The van der Waals surface area contributed by atoms with Crippen LogP contribution >= 0.6 is 0 Å². The number of carbonyl (C=O) groups is 1. The highest BCUT2D eigenvalue weighted by molar-refractivity contribution is 7.83. The first-order valence-corrected chi connectivity index (χ1v) is 11.5. The summed E-state index contributed by atoms with van der Waals surface area (Å²) in [6.07, 6.45) is -0.475. The van der Waals surface area contributed by atoms with Gasteiger partial charge in [-0.05, 0) is 48.2 Å². The summed E-state index contributed by atoms with van der Waals surface area (Å²) in [4.78, 5) is 13.1. The summed E-state index contributed by atoms with van der Waals surface area (Å²) in [6, 6.07) is 23.8. The van der Waals surface area contributed by atoms with Gasteiger partial charge in [-0.15, -0.1) is 0 Å². The van der Waals surface area contributed by atoms with Crippen LogP contribution < -0.4 is 10.0 Å². The molecule has 0 saturated carbocycles. The fourth-order valence-electron chi connectivity index (χ4n) is 3.84. The molecule has 1 aliphatic carbocycles. The molecule has 0 heterocycles. The Morgan fingerprint density at radius 3 is 2.16 bits per heavy atom. The van der Waals surface area contributed by atoms with Crippen molar-refractivity contribution in [2.24, 2.45) is 0 Å². The number of hydrogen-bond acceptors (Lipinski definition) is 3.